The molecule has 1 heterocycles. The van der Waals surface area contributed by atoms with Crippen molar-refractivity contribution in [3.8, 4) is 17.2 Å². The molecule has 0 saturated heterocycles. The normalized spacial score (nSPS) is 13.1. The van der Waals surface area contributed by atoms with Gasteiger partial charge >= 0.3 is 6.03 Å². The van der Waals surface area contributed by atoms with Crippen molar-refractivity contribution in [2.75, 3.05) is 20.4 Å². The molecule has 0 saturated carbocycles. The van der Waals surface area contributed by atoms with Crippen molar-refractivity contribution >= 4 is 6.03 Å². The third kappa shape index (κ3) is 5.29. The summed E-state index contributed by atoms with van der Waals surface area (Å²) in [6.07, 6.45) is 2.32. The second-order valence-corrected chi connectivity index (χ2v) is 6.54. The largest absolute Gasteiger partial charge is 0.497 e. The molecule has 0 fully saturated rings. The summed E-state index contributed by atoms with van der Waals surface area (Å²) in [5, 5.41) is 5.97. The Labute approximate surface area is 159 Å². The van der Waals surface area contributed by atoms with Crippen LogP contribution >= 0.6 is 0 Å². The van der Waals surface area contributed by atoms with E-state index in [1.54, 1.807) is 7.11 Å². The average molecular weight is 370 g/mol. The summed E-state index contributed by atoms with van der Waals surface area (Å²) in [5.74, 6) is 2.34. The highest BCUT2D eigenvalue weighted by atomic mass is 16.7. The third-order valence-electron chi connectivity index (χ3n) is 4.43. The van der Waals surface area contributed by atoms with E-state index in [2.05, 4.69) is 10.6 Å². The van der Waals surface area contributed by atoms with Crippen molar-refractivity contribution in [2.45, 2.75) is 32.2 Å². The number of hydrogen-bond donors (Lipinski definition) is 2. The maximum atomic E-state index is 12.2. The molecule has 2 aromatic rings. The first-order valence-corrected chi connectivity index (χ1v) is 9.23. The van der Waals surface area contributed by atoms with Crippen molar-refractivity contribution in [3.05, 3.63) is 53.6 Å². The third-order valence-corrected chi connectivity index (χ3v) is 4.43. The zero-order chi connectivity index (χ0) is 19.1. The summed E-state index contributed by atoms with van der Waals surface area (Å²) in [5.41, 5.74) is 2.23. The van der Waals surface area contributed by atoms with Crippen LogP contribution in [0.2, 0.25) is 0 Å². The molecular weight excluding hydrogens is 344 g/mol. The van der Waals surface area contributed by atoms with Crippen LogP contribution in [0.4, 0.5) is 4.79 Å². The summed E-state index contributed by atoms with van der Waals surface area (Å²) in [6.45, 7) is 2.94. The monoisotopic (exact) mass is 370 g/mol. The second-order valence-electron chi connectivity index (χ2n) is 6.54. The van der Waals surface area contributed by atoms with Crippen LogP contribution in [0.25, 0.3) is 0 Å². The Morgan fingerprint density at radius 3 is 2.52 bits per heavy atom. The van der Waals surface area contributed by atoms with E-state index in [1.807, 2.05) is 49.4 Å². The quantitative estimate of drug-likeness (QED) is 0.748. The molecule has 2 amide bonds. The fraction of sp³-hybridized carbons (Fsp3) is 0.381. The lowest BCUT2D eigenvalue weighted by molar-refractivity contribution is 0.174. The fourth-order valence-corrected chi connectivity index (χ4v) is 3.05. The Hall–Kier alpha value is -2.89. The van der Waals surface area contributed by atoms with Crippen molar-refractivity contribution in [2.24, 2.45) is 0 Å². The Kier molecular flexibility index (Phi) is 6.41. The summed E-state index contributed by atoms with van der Waals surface area (Å²) >= 11 is 0. The lowest BCUT2D eigenvalue weighted by Gasteiger charge is -2.20. The van der Waals surface area contributed by atoms with E-state index in [1.165, 1.54) is 0 Å². The van der Waals surface area contributed by atoms with Crippen LogP contribution in [-0.4, -0.2) is 32.5 Å². The predicted molar refractivity (Wildman–Crippen MR) is 104 cm³/mol. The number of urea groups is 1. The number of carbonyl (C=O) groups is 1. The summed E-state index contributed by atoms with van der Waals surface area (Å²) < 4.78 is 16.0. The number of methoxy groups -OCH3 is 1. The molecule has 27 heavy (non-hydrogen) atoms. The van der Waals surface area contributed by atoms with Gasteiger partial charge in [0.15, 0.2) is 11.5 Å². The van der Waals surface area contributed by atoms with Gasteiger partial charge in [0.25, 0.3) is 0 Å². The number of benzene rings is 2. The molecule has 144 valence electrons. The van der Waals surface area contributed by atoms with Crippen molar-refractivity contribution < 1.29 is 19.0 Å². The smallest absolute Gasteiger partial charge is 0.315 e. The van der Waals surface area contributed by atoms with Gasteiger partial charge in [0, 0.05) is 12.6 Å². The Morgan fingerprint density at radius 1 is 1.07 bits per heavy atom. The molecule has 0 aromatic heterocycles. The predicted octanol–water partition coefficient (Wildman–Crippen LogP) is 3.29. The van der Waals surface area contributed by atoms with Crippen LogP contribution < -0.4 is 24.8 Å². The van der Waals surface area contributed by atoms with Crippen LogP contribution in [-0.2, 0) is 12.8 Å². The average Bonchev–Trinajstić information content (AvgIpc) is 3.14. The first-order valence-electron chi connectivity index (χ1n) is 9.23. The van der Waals surface area contributed by atoms with E-state index in [9.17, 15) is 4.79 Å². The number of rotatable bonds is 8. The van der Waals surface area contributed by atoms with Gasteiger partial charge in [-0.15, -0.1) is 0 Å². The summed E-state index contributed by atoms with van der Waals surface area (Å²) in [4.78, 5) is 12.2. The van der Waals surface area contributed by atoms with E-state index < -0.39 is 0 Å². The van der Waals surface area contributed by atoms with Gasteiger partial charge in [0.05, 0.1) is 7.11 Å². The van der Waals surface area contributed by atoms with Crippen LogP contribution in [0.15, 0.2) is 42.5 Å². The molecule has 0 aliphatic carbocycles. The minimum Gasteiger partial charge on any atom is -0.497 e. The number of fused-ring (bicyclic) bond motifs is 1. The van der Waals surface area contributed by atoms with Gasteiger partial charge in [-0.1, -0.05) is 25.1 Å². The first-order chi connectivity index (χ1) is 13.2. The minimum absolute atomic E-state index is 0.0457. The maximum Gasteiger partial charge on any atom is 0.315 e. The van der Waals surface area contributed by atoms with E-state index in [4.69, 9.17) is 14.2 Å². The molecule has 1 unspecified atom stereocenters. The summed E-state index contributed by atoms with van der Waals surface area (Å²) in [6, 6.07) is 13.6. The lowest BCUT2D eigenvalue weighted by Crippen LogP contribution is -2.44. The molecule has 0 bridgehead atoms. The van der Waals surface area contributed by atoms with Crippen molar-refractivity contribution in [1.82, 2.24) is 10.6 Å². The molecule has 6 nitrogen and oxygen atoms in total. The van der Waals surface area contributed by atoms with Crippen LogP contribution in [0.3, 0.4) is 0 Å². The molecule has 2 N–H and O–H groups in total. The first kappa shape index (κ1) is 18.9. The molecule has 0 radical (unpaired) electrons. The molecular formula is C21H26N2O4. The fourth-order valence-electron chi connectivity index (χ4n) is 3.05. The van der Waals surface area contributed by atoms with Crippen molar-refractivity contribution in [3.63, 3.8) is 0 Å². The number of hydrogen-bond acceptors (Lipinski definition) is 4. The maximum absolute atomic E-state index is 12.2. The second kappa shape index (κ2) is 9.16. The van der Waals surface area contributed by atoms with Gasteiger partial charge in [-0.05, 0) is 54.7 Å². The highest BCUT2D eigenvalue weighted by molar-refractivity contribution is 5.74. The standard InChI is InChI=1S/C21H26N2O4/c1-3-10-22-21(24)23-17(11-15-4-7-18(25-2)8-5-15)12-16-6-9-19-20(13-16)27-14-26-19/h4-9,13,17H,3,10-12,14H2,1-2H3,(H2,22,23,24). The highest BCUT2D eigenvalue weighted by Crippen LogP contribution is 2.32. The minimum atomic E-state index is -0.142. The van der Waals surface area contributed by atoms with Crippen LogP contribution in [0.5, 0.6) is 17.2 Å². The van der Waals surface area contributed by atoms with Crippen molar-refractivity contribution in [1.29, 1.82) is 0 Å². The zero-order valence-electron chi connectivity index (χ0n) is 15.8. The highest BCUT2D eigenvalue weighted by Gasteiger charge is 2.17. The molecule has 1 atom stereocenters. The van der Waals surface area contributed by atoms with Gasteiger partial charge in [0.2, 0.25) is 6.79 Å². The molecule has 2 aromatic carbocycles. The van der Waals surface area contributed by atoms with Gasteiger partial charge < -0.3 is 24.8 Å². The number of nitrogens with one attached hydrogen (secondary N) is 2. The van der Waals surface area contributed by atoms with E-state index in [-0.39, 0.29) is 18.9 Å². The molecule has 1 aliphatic rings. The number of carbonyl (C=O) groups excluding carboxylic acids is 1. The molecule has 1 aliphatic heterocycles. The van der Waals surface area contributed by atoms with E-state index in [0.717, 1.165) is 41.2 Å². The Balaban J connectivity index is 1.70. The Bertz CT molecular complexity index is 761. The van der Waals surface area contributed by atoms with Gasteiger partial charge in [-0.2, -0.15) is 0 Å². The van der Waals surface area contributed by atoms with E-state index >= 15 is 0 Å². The zero-order valence-corrected chi connectivity index (χ0v) is 15.8. The summed E-state index contributed by atoms with van der Waals surface area (Å²) in [7, 11) is 1.65. The molecule has 0 spiro atoms. The van der Waals surface area contributed by atoms with Gasteiger partial charge in [-0.25, -0.2) is 4.79 Å². The topological polar surface area (TPSA) is 68.8 Å². The van der Waals surface area contributed by atoms with Gasteiger partial charge in [-0.3, -0.25) is 0 Å². The molecule has 6 heteroatoms. The van der Waals surface area contributed by atoms with Crippen LogP contribution in [0, 0.1) is 0 Å². The number of ether oxygens (including phenoxy) is 3. The Morgan fingerprint density at radius 2 is 1.78 bits per heavy atom. The van der Waals surface area contributed by atoms with E-state index in [0.29, 0.717) is 13.0 Å². The number of amides is 2. The SMILES string of the molecule is CCCNC(=O)NC(Cc1ccc(OC)cc1)Cc1ccc2c(c1)OCO2. The van der Waals surface area contributed by atoms with Gasteiger partial charge in [0.1, 0.15) is 5.75 Å². The lowest BCUT2D eigenvalue weighted by atomic mass is 9.98. The van der Waals surface area contributed by atoms with Crippen LogP contribution in [0.1, 0.15) is 24.5 Å². The molecule has 3 rings (SSSR count).